The first-order chi connectivity index (χ1) is 19.9. The van der Waals surface area contributed by atoms with Crippen LogP contribution in [0.5, 0.6) is 5.75 Å². The lowest BCUT2D eigenvalue weighted by molar-refractivity contribution is -0.384. The van der Waals surface area contributed by atoms with Gasteiger partial charge in [0.25, 0.3) is 5.69 Å². The highest BCUT2D eigenvalue weighted by atomic mass is 32.2. The molecule has 0 saturated carbocycles. The number of non-ortho nitro benzene ring substituents is 1. The van der Waals surface area contributed by atoms with Crippen LogP contribution in [0, 0.1) is 17.0 Å². The lowest BCUT2D eigenvalue weighted by Gasteiger charge is -2.33. The minimum Gasteiger partial charge on any atom is -0.497 e. The Balaban J connectivity index is 2.11. The van der Waals surface area contributed by atoms with Gasteiger partial charge in [-0.25, -0.2) is 8.42 Å². The van der Waals surface area contributed by atoms with Crippen molar-refractivity contribution in [3.8, 4) is 5.75 Å². The Morgan fingerprint density at radius 2 is 1.71 bits per heavy atom. The van der Waals surface area contributed by atoms with E-state index in [1.54, 1.807) is 31.2 Å². The van der Waals surface area contributed by atoms with E-state index in [4.69, 9.17) is 4.74 Å². The fraction of sp³-hybridized carbons (Fsp3) is 0.333. The second kappa shape index (κ2) is 14.4. The summed E-state index contributed by atoms with van der Waals surface area (Å²) >= 11 is 0. The molecule has 42 heavy (non-hydrogen) atoms. The van der Waals surface area contributed by atoms with Gasteiger partial charge in [-0.3, -0.25) is 24.0 Å². The summed E-state index contributed by atoms with van der Waals surface area (Å²) < 4.78 is 32.2. The minimum absolute atomic E-state index is 0.0106. The SMILES string of the molecule is CCCNC(=O)[C@@H](Cc1ccccc1)N(Cc1cccc(OC)c1)C(=O)CN(c1cc([N+](=O)[O-])ccc1C)S(C)(=O)=O. The van der Waals surface area contributed by atoms with E-state index in [9.17, 15) is 28.1 Å². The van der Waals surface area contributed by atoms with Crippen LogP contribution >= 0.6 is 0 Å². The quantitative estimate of drug-likeness (QED) is 0.220. The Morgan fingerprint density at radius 1 is 1.02 bits per heavy atom. The molecule has 3 aromatic carbocycles. The van der Waals surface area contributed by atoms with Crippen molar-refractivity contribution in [3.05, 3.63) is 99.6 Å². The van der Waals surface area contributed by atoms with Gasteiger partial charge in [0, 0.05) is 31.6 Å². The zero-order chi connectivity index (χ0) is 30.9. The highest BCUT2D eigenvalue weighted by Crippen LogP contribution is 2.28. The van der Waals surface area contributed by atoms with E-state index in [0.29, 0.717) is 29.8 Å². The summed E-state index contributed by atoms with van der Waals surface area (Å²) in [6, 6.07) is 19.1. The number of benzene rings is 3. The van der Waals surface area contributed by atoms with E-state index in [1.807, 2.05) is 37.3 Å². The van der Waals surface area contributed by atoms with Crippen molar-refractivity contribution in [3.63, 3.8) is 0 Å². The lowest BCUT2D eigenvalue weighted by Crippen LogP contribution is -2.53. The number of nitrogens with one attached hydrogen (secondary N) is 1. The predicted molar refractivity (Wildman–Crippen MR) is 161 cm³/mol. The number of ether oxygens (including phenoxy) is 1. The minimum atomic E-state index is -4.07. The monoisotopic (exact) mass is 596 g/mol. The van der Waals surface area contributed by atoms with Crippen molar-refractivity contribution in [1.29, 1.82) is 0 Å². The van der Waals surface area contributed by atoms with Crippen molar-refractivity contribution < 1.29 is 27.7 Å². The number of rotatable bonds is 14. The molecule has 3 aromatic rings. The first kappa shape index (κ1) is 32.1. The number of nitro groups is 1. The molecule has 0 radical (unpaired) electrons. The van der Waals surface area contributed by atoms with Gasteiger partial charge in [-0.15, -0.1) is 0 Å². The number of anilines is 1. The molecule has 0 unspecified atom stereocenters. The highest BCUT2D eigenvalue weighted by molar-refractivity contribution is 7.92. The van der Waals surface area contributed by atoms with Crippen molar-refractivity contribution in [1.82, 2.24) is 10.2 Å². The summed E-state index contributed by atoms with van der Waals surface area (Å²) in [6.45, 7) is 3.23. The number of amides is 2. The van der Waals surface area contributed by atoms with Crippen LogP contribution in [0.15, 0.2) is 72.8 Å². The van der Waals surface area contributed by atoms with E-state index in [-0.39, 0.29) is 30.2 Å². The van der Waals surface area contributed by atoms with Crippen LogP contribution in [0.1, 0.15) is 30.0 Å². The third-order valence-corrected chi connectivity index (χ3v) is 7.79. The van der Waals surface area contributed by atoms with Crippen LogP contribution < -0.4 is 14.4 Å². The molecule has 0 aliphatic carbocycles. The Bertz CT molecular complexity index is 1510. The Kier molecular flexibility index (Phi) is 11.0. The summed E-state index contributed by atoms with van der Waals surface area (Å²) in [6.07, 6.45) is 1.79. The molecule has 0 heterocycles. The first-order valence-electron chi connectivity index (χ1n) is 13.4. The summed E-state index contributed by atoms with van der Waals surface area (Å²) in [5, 5.41) is 14.3. The van der Waals surface area contributed by atoms with Crippen molar-refractivity contribution in [2.75, 3.05) is 30.8 Å². The molecule has 224 valence electrons. The molecular weight excluding hydrogens is 560 g/mol. The number of methoxy groups -OCH3 is 1. The van der Waals surface area contributed by atoms with Gasteiger partial charge in [0.05, 0.1) is 24.0 Å². The molecular formula is C30H36N4O7S. The number of sulfonamides is 1. The van der Waals surface area contributed by atoms with E-state index in [0.717, 1.165) is 22.2 Å². The number of hydrogen-bond acceptors (Lipinski definition) is 7. The van der Waals surface area contributed by atoms with Gasteiger partial charge in [0.1, 0.15) is 18.3 Å². The molecule has 0 fully saturated rings. The molecule has 11 nitrogen and oxygen atoms in total. The molecule has 3 rings (SSSR count). The molecule has 0 saturated heterocycles. The number of nitro benzene ring substituents is 1. The molecule has 0 aliphatic heterocycles. The molecule has 1 N–H and O–H groups in total. The Labute approximate surface area is 246 Å². The van der Waals surface area contributed by atoms with Crippen LogP contribution in [-0.2, 0) is 32.6 Å². The average Bonchev–Trinajstić information content (AvgIpc) is 2.96. The van der Waals surface area contributed by atoms with Crippen molar-refractivity contribution in [2.45, 2.75) is 39.3 Å². The Hall–Kier alpha value is -4.45. The molecule has 12 heteroatoms. The maximum atomic E-state index is 14.1. The van der Waals surface area contributed by atoms with Gasteiger partial charge in [0.2, 0.25) is 21.8 Å². The van der Waals surface area contributed by atoms with Gasteiger partial charge >= 0.3 is 0 Å². The normalized spacial score (nSPS) is 11.8. The number of carbonyl (C=O) groups excluding carboxylic acids is 2. The third-order valence-electron chi connectivity index (χ3n) is 6.66. The van der Waals surface area contributed by atoms with Gasteiger partial charge in [0.15, 0.2) is 0 Å². The standard InChI is InChI=1S/C30H36N4O7S/c1-5-16-31-30(36)28(18-23-10-7-6-8-11-23)32(20-24-12-9-13-26(17-24)41-3)29(35)21-33(42(4,39)40)27-19-25(34(37)38)15-14-22(27)2/h6-15,17,19,28H,5,16,18,20-21H2,1-4H3,(H,31,36)/t28-/m1/s1. The fourth-order valence-electron chi connectivity index (χ4n) is 4.46. The first-order valence-corrected chi connectivity index (χ1v) is 15.3. The van der Waals surface area contributed by atoms with Crippen molar-refractivity contribution in [2.24, 2.45) is 0 Å². The number of hydrogen-bond donors (Lipinski definition) is 1. The lowest BCUT2D eigenvalue weighted by atomic mass is 10.0. The number of nitrogens with zero attached hydrogens (tertiary/aromatic N) is 3. The van der Waals surface area contributed by atoms with Crippen LogP contribution in [0.25, 0.3) is 0 Å². The summed E-state index contributed by atoms with van der Waals surface area (Å²) in [5.41, 5.74) is 1.61. The molecule has 2 amide bonds. The summed E-state index contributed by atoms with van der Waals surface area (Å²) in [7, 11) is -2.55. The zero-order valence-corrected chi connectivity index (χ0v) is 25.0. The van der Waals surface area contributed by atoms with Crippen LogP contribution in [0.2, 0.25) is 0 Å². The third kappa shape index (κ3) is 8.53. The second-order valence-corrected chi connectivity index (χ2v) is 11.8. The van der Waals surface area contributed by atoms with E-state index in [1.165, 1.54) is 24.1 Å². The summed E-state index contributed by atoms with van der Waals surface area (Å²) in [5.74, 6) is -0.476. The predicted octanol–water partition coefficient (Wildman–Crippen LogP) is 3.84. The smallest absolute Gasteiger partial charge is 0.271 e. The van der Waals surface area contributed by atoms with E-state index >= 15 is 0 Å². The summed E-state index contributed by atoms with van der Waals surface area (Å²) in [4.78, 5) is 39.9. The second-order valence-electron chi connectivity index (χ2n) is 9.87. The van der Waals surface area contributed by atoms with Gasteiger partial charge in [-0.1, -0.05) is 55.5 Å². The van der Waals surface area contributed by atoms with E-state index in [2.05, 4.69) is 5.32 Å². The number of carbonyl (C=O) groups is 2. The number of aryl methyl sites for hydroxylation is 1. The van der Waals surface area contributed by atoms with Crippen LogP contribution in [0.3, 0.4) is 0 Å². The zero-order valence-electron chi connectivity index (χ0n) is 24.1. The topological polar surface area (TPSA) is 139 Å². The molecule has 0 bridgehead atoms. The maximum Gasteiger partial charge on any atom is 0.271 e. The maximum absolute atomic E-state index is 14.1. The highest BCUT2D eigenvalue weighted by Gasteiger charge is 2.33. The average molecular weight is 597 g/mol. The van der Waals surface area contributed by atoms with Crippen LogP contribution in [-0.4, -0.2) is 62.6 Å². The van der Waals surface area contributed by atoms with Gasteiger partial charge in [-0.05, 0) is 42.2 Å². The van der Waals surface area contributed by atoms with Crippen molar-refractivity contribution >= 4 is 33.2 Å². The molecule has 1 atom stereocenters. The fourth-order valence-corrected chi connectivity index (χ4v) is 5.36. The largest absolute Gasteiger partial charge is 0.497 e. The Morgan fingerprint density at radius 3 is 2.33 bits per heavy atom. The molecule has 0 aliphatic rings. The van der Waals surface area contributed by atoms with E-state index < -0.39 is 33.4 Å². The van der Waals surface area contributed by atoms with Crippen LogP contribution in [0.4, 0.5) is 11.4 Å². The van der Waals surface area contributed by atoms with Gasteiger partial charge < -0.3 is 15.0 Å². The van der Waals surface area contributed by atoms with Gasteiger partial charge in [-0.2, -0.15) is 0 Å². The molecule has 0 aromatic heterocycles. The molecule has 0 spiro atoms.